The highest BCUT2D eigenvalue weighted by molar-refractivity contribution is 6.42. The van der Waals surface area contributed by atoms with E-state index in [1.165, 1.54) is 6.07 Å². The molecule has 0 saturated carbocycles. The molecule has 1 N–H and O–H groups in total. The molecule has 1 nitrogen and oxygen atoms in total. The van der Waals surface area contributed by atoms with E-state index in [-0.39, 0.29) is 11.1 Å². The molecular weight excluding hydrogens is 320 g/mol. The summed E-state index contributed by atoms with van der Waals surface area (Å²) in [5.41, 5.74) is 1.95. The molecule has 1 unspecified atom stereocenters. The molecule has 0 aromatic heterocycles. The van der Waals surface area contributed by atoms with E-state index in [9.17, 15) is 4.39 Å². The summed E-state index contributed by atoms with van der Waals surface area (Å²) in [5.74, 6) is -0.409. The lowest BCUT2D eigenvalue weighted by Crippen LogP contribution is -2.18. The first-order valence-corrected chi connectivity index (χ1v) is 7.23. The van der Waals surface area contributed by atoms with Crippen LogP contribution < -0.4 is 5.32 Å². The van der Waals surface area contributed by atoms with Crippen LogP contribution in [-0.4, -0.2) is 0 Å². The predicted octanol–water partition coefficient (Wildman–Crippen LogP) is 5.64. The van der Waals surface area contributed by atoms with Gasteiger partial charge in [-0.05, 0) is 42.3 Å². The van der Waals surface area contributed by atoms with Crippen molar-refractivity contribution in [3.63, 3.8) is 0 Å². The minimum Gasteiger partial charge on any atom is -0.306 e. The maximum Gasteiger partial charge on any atom is 0.141 e. The highest BCUT2D eigenvalue weighted by Crippen LogP contribution is 2.25. The van der Waals surface area contributed by atoms with Crippen LogP contribution in [0.1, 0.15) is 24.1 Å². The third kappa shape index (κ3) is 3.86. The molecule has 2 aromatic carbocycles. The van der Waals surface area contributed by atoms with Crippen LogP contribution in [0.15, 0.2) is 36.4 Å². The first-order chi connectivity index (χ1) is 9.47. The van der Waals surface area contributed by atoms with Crippen molar-refractivity contribution in [3.8, 4) is 0 Å². The van der Waals surface area contributed by atoms with Gasteiger partial charge in [0.25, 0.3) is 0 Å². The summed E-state index contributed by atoms with van der Waals surface area (Å²) >= 11 is 17.6. The van der Waals surface area contributed by atoms with E-state index in [0.29, 0.717) is 16.6 Å². The molecule has 5 heteroatoms. The monoisotopic (exact) mass is 331 g/mol. The Hall–Kier alpha value is -0.800. The van der Waals surface area contributed by atoms with E-state index in [1.807, 2.05) is 19.1 Å². The van der Waals surface area contributed by atoms with E-state index in [0.717, 1.165) is 11.1 Å². The molecule has 0 fully saturated rings. The van der Waals surface area contributed by atoms with Crippen molar-refractivity contribution in [2.45, 2.75) is 19.5 Å². The smallest absolute Gasteiger partial charge is 0.141 e. The molecule has 0 radical (unpaired) electrons. The topological polar surface area (TPSA) is 12.0 Å². The Morgan fingerprint density at radius 1 is 1.00 bits per heavy atom. The molecule has 0 bridgehead atoms. The molecule has 0 aliphatic heterocycles. The van der Waals surface area contributed by atoms with Gasteiger partial charge < -0.3 is 5.32 Å². The van der Waals surface area contributed by atoms with Gasteiger partial charge in [0.1, 0.15) is 5.82 Å². The minimum absolute atomic E-state index is 0.0913. The number of benzene rings is 2. The quantitative estimate of drug-likeness (QED) is 0.764. The highest BCUT2D eigenvalue weighted by Gasteiger charge is 2.08. The fourth-order valence-corrected chi connectivity index (χ4v) is 2.33. The Morgan fingerprint density at radius 2 is 1.75 bits per heavy atom. The van der Waals surface area contributed by atoms with Gasteiger partial charge in [-0.25, -0.2) is 4.39 Å². The minimum atomic E-state index is -0.409. The van der Waals surface area contributed by atoms with Crippen molar-refractivity contribution < 1.29 is 4.39 Å². The number of hydrogen-bond acceptors (Lipinski definition) is 1. The summed E-state index contributed by atoms with van der Waals surface area (Å²) < 4.78 is 13.1. The highest BCUT2D eigenvalue weighted by atomic mass is 35.5. The van der Waals surface area contributed by atoms with Crippen LogP contribution in [0, 0.1) is 5.82 Å². The third-order valence-electron chi connectivity index (χ3n) is 3.04. The predicted molar refractivity (Wildman–Crippen MR) is 83.1 cm³/mol. The Bertz CT molecular complexity index is 616. The third-order valence-corrected chi connectivity index (χ3v) is 4.07. The zero-order valence-electron chi connectivity index (χ0n) is 10.8. The van der Waals surface area contributed by atoms with Crippen molar-refractivity contribution in [1.29, 1.82) is 0 Å². The molecule has 1 atom stereocenters. The average Bonchev–Trinajstić information content (AvgIpc) is 2.43. The molecule has 106 valence electrons. The van der Waals surface area contributed by atoms with E-state index in [1.54, 1.807) is 18.2 Å². The second-order valence-corrected chi connectivity index (χ2v) is 5.75. The van der Waals surface area contributed by atoms with Crippen molar-refractivity contribution >= 4 is 34.8 Å². The molecule has 2 rings (SSSR count). The molecule has 0 aliphatic rings. The van der Waals surface area contributed by atoms with Crippen LogP contribution in [-0.2, 0) is 6.54 Å². The van der Waals surface area contributed by atoms with E-state index in [4.69, 9.17) is 34.8 Å². The number of hydrogen-bond donors (Lipinski definition) is 1. The molecule has 20 heavy (non-hydrogen) atoms. The molecule has 0 heterocycles. The average molecular weight is 333 g/mol. The molecular formula is C15H13Cl3FN. The van der Waals surface area contributed by atoms with Gasteiger partial charge in [-0.15, -0.1) is 0 Å². The van der Waals surface area contributed by atoms with Gasteiger partial charge in [0.2, 0.25) is 0 Å². The largest absolute Gasteiger partial charge is 0.306 e. The number of halogens is 4. The Kier molecular flexibility index (Phi) is 5.28. The van der Waals surface area contributed by atoms with Gasteiger partial charge >= 0.3 is 0 Å². The standard InChI is InChI=1S/C15H13Cl3FN/c1-9(11-3-4-12(16)13(17)7-11)20-8-10-2-5-15(19)14(18)6-10/h2-7,9,20H,8H2,1H3. The molecule has 0 saturated heterocycles. The lowest BCUT2D eigenvalue weighted by atomic mass is 10.1. The van der Waals surface area contributed by atoms with Gasteiger partial charge in [0, 0.05) is 12.6 Å². The second kappa shape index (κ2) is 6.77. The van der Waals surface area contributed by atoms with Crippen LogP contribution in [0.4, 0.5) is 4.39 Å². The van der Waals surface area contributed by atoms with Crippen LogP contribution >= 0.6 is 34.8 Å². The maximum absolute atomic E-state index is 13.1. The van der Waals surface area contributed by atoms with Gasteiger partial charge in [-0.2, -0.15) is 0 Å². The van der Waals surface area contributed by atoms with E-state index >= 15 is 0 Å². The second-order valence-electron chi connectivity index (χ2n) is 4.52. The van der Waals surface area contributed by atoms with Crippen molar-refractivity contribution in [2.75, 3.05) is 0 Å². The Balaban J connectivity index is 2.02. The first kappa shape index (κ1) is 15.6. The van der Waals surface area contributed by atoms with Crippen molar-refractivity contribution in [2.24, 2.45) is 0 Å². The van der Waals surface area contributed by atoms with E-state index < -0.39 is 5.82 Å². The lowest BCUT2D eigenvalue weighted by molar-refractivity contribution is 0.573. The zero-order chi connectivity index (χ0) is 14.7. The van der Waals surface area contributed by atoms with Crippen LogP contribution in [0.25, 0.3) is 0 Å². The molecule has 2 aromatic rings. The SMILES string of the molecule is CC(NCc1ccc(F)c(Cl)c1)c1ccc(Cl)c(Cl)c1. The summed E-state index contributed by atoms with van der Waals surface area (Å²) in [5, 5.41) is 4.52. The van der Waals surface area contributed by atoms with Gasteiger partial charge in [-0.1, -0.05) is 46.9 Å². The van der Waals surface area contributed by atoms with Crippen molar-refractivity contribution in [1.82, 2.24) is 5.32 Å². The molecule has 0 aliphatic carbocycles. The van der Waals surface area contributed by atoms with Gasteiger partial charge in [0.05, 0.1) is 15.1 Å². The fraction of sp³-hybridized carbons (Fsp3) is 0.200. The lowest BCUT2D eigenvalue weighted by Gasteiger charge is -2.15. The van der Waals surface area contributed by atoms with Crippen LogP contribution in [0.3, 0.4) is 0 Å². The normalized spacial score (nSPS) is 12.4. The maximum atomic E-state index is 13.1. The zero-order valence-corrected chi connectivity index (χ0v) is 13.0. The summed E-state index contributed by atoms with van der Waals surface area (Å²) in [6.07, 6.45) is 0. The van der Waals surface area contributed by atoms with Gasteiger partial charge in [-0.3, -0.25) is 0 Å². The Morgan fingerprint density at radius 3 is 2.40 bits per heavy atom. The first-order valence-electron chi connectivity index (χ1n) is 6.09. The van der Waals surface area contributed by atoms with E-state index in [2.05, 4.69) is 5.32 Å². The summed E-state index contributed by atoms with van der Waals surface area (Å²) in [6, 6.07) is 10.3. The number of nitrogens with one attached hydrogen (secondary N) is 1. The fourth-order valence-electron chi connectivity index (χ4n) is 1.82. The van der Waals surface area contributed by atoms with Gasteiger partial charge in [0.15, 0.2) is 0 Å². The van der Waals surface area contributed by atoms with Crippen LogP contribution in [0.2, 0.25) is 15.1 Å². The molecule has 0 amide bonds. The van der Waals surface area contributed by atoms with Crippen LogP contribution in [0.5, 0.6) is 0 Å². The molecule has 0 spiro atoms. The number of rotatable bonds is 4. The van der Waals surface area contributed by atoms with Crippen molar-refractivity contribution in [3.05, 3.63) is 68.4 Å². The summed E-state index contributed by atoms with van der Waals surface area (Å²) in [4.78, 5) is 0. The summed E-state index contributed by atoms with van der Waals surface area (Å²) in [6.45, 7) is 2.60. The Labute approximate surface area is 132 Å². The summed E-state index contributed by atoms with van der Waals surface area (Å²) in [7, 11) is 0.